The Hall–Kier alpha value is -1.66. The molecule has 318 valence electrons. The second kappa shape index (κ2) is 42.5. The second-order valence-corrected chi connectivity index (χ2v) is 16.2. The van der Waals surface area contributed by atoms with E-state index in [-0.39, 0.29) is 24.9 Å². The van der Waals surface area contributed by atoms with Crippen LogP contribution in [0, 0.1) is 0 Å². The SMILES string of the molecule is CCCCCCCC/C=C\C/C=C/CCC(=O)OC(CCCCCCCCCC)CC(=O)NC(CO)C(O)CCCCCCCCCCCCCCCC. The lowest BCUT2D eigenvalue weighted by molar-refractivity contribution is -0.150. The zero-order valence-corrected chi connectivity index (χ0v) is 36.1. The van der Waals surface area contributed by atoms with Gasteiger partial charge in [0, 0.05) is 6.42 Å². The summed E-state index contributed by atoms with van der Waals surface area (Å²) in [7, 11) is 0. The highest BCUT2D eigenvalue weighted by atomic mass is 16.5. The number of hydrogen-bond acceptors (Lipinski definition) is 5. The van der Waals surface area contributed by atoms with E-state index in [1.54, 1.807) is 0 Å². The van der Waals surface area contributed by atoms with Crippen molar-refractivity contribution in [3.05, 3.63) is 24.3 Å². The van der Waals surface area contributed by atoms with Crippen molar-refractivity contribution in [3.8, 4) is 0 Å². The minimum absolute atomic E-state index is 0.0591. The fourth-order valence-electron chi connectivity index (χ4n) is 7.19. The first-order chi connectivity index (χ1) is 26.5. The Bertz CT molecular complexity index is 858. The van der Waals surface area contributed by atoms with Gasteiger partial charge in [-0.1, -0.05) is 212 Å². The number of carbonyl (C=O) groups is 2. The number of aliphatic hydroxyl groups excluding tert-OH is 2. The predicted molar refractivity (Wildman–Crippen MR) is 232 cm³/mol. The van der Waals surface area contributed by atoms with Gasteiger partial charge in [0.15, 0.2) is 0 Å². The van der Waals surface area contributed by atoms with Crippen LogP contribution >= 0.6 is 0 Å². The zero-order chi connectivity index (χ0) is 39.6. The van der Waals surface area contributed by atoms with Crippen LogP contribution in [0.4, 0.5) is 0 Å². The molecule has 6 heteroatoms. The van der Waals surface area contributed by atoms with Gasteiger partial charge < -0.3 is 20.3 Å². The molecule has 0 aromatic heterocycles. The first-order valence-corrected chi connectivity index (χ1v) is 23.6. The summed E-state index contributed by atoms with van der Waals surface area (Å²) >= 11 is 0. The molecule has 0 rings (SSSR count). The van der Waals surface area contributed by atoms with E-state index in [9.17, 15) is 19.8 Å². The number of amides is 1. The van der Waals surface area contributed by atoms with Gasteiger partial charge in [-0.2, -0.15) is 0 Å². The van der Waals surface area contributed by atoms with Gasteiger partial charge in [0.05, 0.1) is 25.2 Å². The molecule has 0 aliphatic carbocycles. The molecule has 0 spiro atoms. The lowest BCUT2D eigenvalue weighted by Gasteiger charge is -2.24. The molecule has 54 heavy (non-hydrogen) atoms. The molecule has 0 fully saturated rings. The van der Waals surface area contributed by atoms with Crippen molar-refractivity contribution in [3.63, 3.8) is 0 Å². The van der Waals surface area contributed by atoms with Crippen LogP contribution in [0.25, 0.3) is 0 Å². The van der Waals surface area contributed by atoms with Crippen molar-refractivity contribution in [2.75, 3.05) is 6.61 Å². The zero-order valence-electron chi connectivity index (χ0n) is 36.1. The third kappa shape index (κ3) is 37.3. The van der Waals surface area contributed by atoms with Crippen LogP contribution in [0.5, 0.6) is 0 Å². The highest BCUT2D eigenvalue weighted by Crippen LogP contribution is 2.17. The number of ether oxygens (including phenoxy) is 1. The fourth-order valence-corrected chi connectivity index (χ4v) is 7.19. The third-order valence-electron chi connectivity index (χ3n) is 10.8. The van der Waals surface area contributed by atoms with Gasteiger partial charge in [-0.05, 0) is 44.9 Å². The van der Waals surface area contributed by atoms with E-state index in [0.717, 1.165) is 51.4 Å². The largest absolute Gasteiger partial charge is 0.462 e. The topological polar surface area (TPSA) is 95.9 Å². The number of unbranched alkanes of at least 4 members (excludes halogenated alkanes) is 26. The van der Waals surface area contributed by atoms with Crippen LogP contribution in [0.15, 0.2) is 24.3 Å². The summed E-state index contributed by atoms with van der Waals surface area (Å²) in [5.74, 6) is -0.550. The molecule has 0 saturated carbocycles. The highest BCUT2D eigenvalue weighted by molar-refractivity contribution is 5.77. The molecule has 1 amide bonds. The van der Waals surface area contributed by atoms with Crippen molar-refractivity contribution in [2.45, 2.75) is 264 Å². The maximum Gasteiger partial charge on any atom is 0.306 e. The number of hydrogen-bond donors (Lipinski definition) is 3. The molecule has 0 radical (unpaired) electrons. The van der Waals surface area contributed by atoms with Crippen LogP contribution in [-0.4, -0.2) is 46.9 Å². The predicted octanol–water partition coefficient (Wildman–Crippen LogP) is 13.6. The Morgan fingerprint density at radius 3 is 1.41 bits per heavy atom. The summed E-state index contributed by atoms with van der Waals surface area (Å²) in [6, 6.07) is -0.705. The van der Waals surface area contributed by atoms with Crippen LogP contribution in [0.3, 0.4) is 0 Å². The molecule has 0 saturated heterocycles. The van der Waals surface area contributed by atoms with Gasteiger partial charge >= 0.3 is 5.97 Å². The molecule has 0 bridgehead atoms. The van der Waals surface area contributed by atoms with E-state index in [1.807, 2.05) is 6.08 Å². The average molecular weight is 762 g/mol. The summed E-state index contributed by atoms with van der Waals surface area (Å²) in [5, 5.41) is 23.6. The summed E-state index contributed by atoms with van der Waals surface area (Å²) < 4.78 is 5.85. The molecule has 0 aromatic rings. The molecular weight excluding hydrogens is 671 g/mol. The first-order valence-electron chi connectivity index (χ1n) is 23.6. The van der Waals surface area contributed by atoms with Crippen molar-refractivity contribution < 1.29 is 24.5 Å². The lowest BCUT2D eigenvalue weighted by Crippen LogP contribution is -2.46. The normalized spacial score (nSPS) is 13.5. The first kappa shape index (κ1) is 52.3. The molecule has 0 aromatic carbocycles. The molecule has 3 N–H and O–H groups in total. The van der Waals surface area contributed by atoms with Crippen LogP contribution in [0.1, 0.15) is 245 Å². The molecule has 0 heterocycles. The summed E-state index contributed by atoms with van der Waals surface area (Å²) in [6.07, 6.45) is 46.8. The van der Waals surface area contributed by atoms with Crippen LogP contribution in [0.2, 0.25) is 0 Å². The highest BCUT2D eigenvalue weighted by Gasteiger charge is 2.24. The lowest BCUT2D eigenvalue weighted by atomic mass is 10.0. The Labute approximate surface area is 335 Å². The molecule has 0 aliphatic heterocycles. The van der Waals surface area contributed by atoms with E-state index in [0.29, 0.717) is 25.7 Å². The van der Waals surface area contributed by atoms with Gasteiger partial charge in [0.25, 0.3) is 0 Å². The molecule has 3 unspecified atom stereocenters. The van der Waals surface area contributed by atoms with Crippen molar-refractivity contribution >= 4 is 11.9 Å². The van der Waals surface area contributed by atoms with Crippen LogP contribution in [-0.2, 0) is 14.3 Å². The number of rotatable bonds is 42. The minimum Gasteiger partial charge on any atom is -0.462 e. The fraction of sp³-hybridized carbons (Fsp3) is 0.875. The van der Waals surface area contributed by atoms with E-state index in [1.165, 1.54) is 141 Å². The van der Waals surface area contributed by atoms with Gasteiger partial charge in [-0.3, -0.25) is 9.59 Å². The second-order valence-electron chi connectivity index (χ2n) is 16.2. The van der Waals surface area contributed by atoms with Crippen LogP contribution < -0.4 is 5.32 Å². The van der Waals surface area contributed by atoms with Crippen molar-refractivity contribution in [1.82, 2.24) is 5.32 Å². The van der Waals surface area contributed by atoms with Gasteiger partial charge in [0.2, 0.25) is 5.91 Å². The maximum absolute atomic E-state index is 13.1. The Balaban J connectivity index is 4.51. The minimum atomic E-state index is -0.790. The van der Waals surface area contributed by atoms with E-state index < -0.39 is 18.2 Å². The Kier molecular flexibility index (Phi) is 41.2. The number of allylic oxidation sites excluding steroid dienone is 4. The van der Waals surface area contributed by atoms with Gasteiger partial charge in [-0.25, -0.2) is 0 Å². The molecule has 0 aliphatic rings. The summed E-state index contributed by atoms with van der Waals surface area (Å²) in [6.45, 7) is 6.44. The molecular formula is C48H91NO5. The summed E-state index contributed by atoms with van der Waals surface area (Å²) in [5.41, 5.74) is 0. The monoisotopic (exact) mass is 762 g/mol. The average Bonchev–Trinajstić information content (AvgIpc) is 3.16. The van der Waals surface area contributed by atoms with Gasteiger partial charge in [-0.15, -0.1) is 0 Å². The number of nitrogens with one attached hydrogen (secondary N) is 1. The number of carbonyl (C=O) groups excluding carboxylic acids is 2. The standard InChI is InChI=1S/C48H91NO5/c1-4-7-10-13-16-19-21-23-25-26-28-31-34-37-40-46(51)45(43-50)49-47(52)42-44(39-36-33-30-18-15-12-9-6-3)54-48(53)41-38-35-32-29-27-24-22-20-17-14-11-8-5-2/h24,27,32,35,44-46,50-51H,4-23,25-26,28-31,33-34,36-43H2,1-3H3,(H,49,52)/b27-24-,35-32+. The smallest absolute Gasteiger partial charge is 0.306 e. The van der Waals surface area contributed by atoms with Gasteiger partial charge in [0.1, 0.15) is 6.10 Å². The Morgan fingerprint density at radius 2 is 0.944 bits per heavy atom. The van der Waals surface area contributed by atoms with E-state index in [2.05, 4.69) is 44.3 Å². The summed E-state index contributed by atoms with van der Waals surface area (Å²) in [4.78, 5) is 25.9. The maximum atomic E-state index is 13.1. The van der Waals surface area contributed by atoms with E-state index >= 15 is 0 Å². The molecule has 3 atom stereocenters. The number of esters is 1. The van der Waals surface area contributed by atoms with Crippen molar-refractivity contribution in [2.24, 2.45) is 0 Å². The molecule has 6 nitrogen and oxygen atoms in total. The van der Waals surface area contributed by atoms with E-state index in [4.69, 9.17) is 4.74 Å². The number of aliphatic hydroxyl groups is 2. The van der Waals surface area contributed by atoms with Crippen molar-refractivity contribution in [1.29, 1.82) is 0 Å². The quantitative estimate of drug-likeness (QED) is 0.0327. The third-order valence-corrected chi connectivity index (χ3v) is 10.8. The Morgan fingerprint density at radius 1 is 0.537 bits per heavy atom.